The number of fused-ring (bicyclic) bond motifs is 1. The summed E-state index contributed by atoms with van der Waals surface area (Å²) in [7, 11) is 5.16. The Bertz CT molecular complexity index is 752. The van der Waals surface area contributed by atoms with Crippen LogP contribution in [0.15, 0.2) is 4.99 Å². The molecule has 0 amide bonds. The number of rotatable bonds is 6. The lowest BCUT2D eigenvalue weighted by Gasteiger charge is -2.35. The summed E-state index contributed by atoms with van der Waals surface area (Å²) in [5.74, 6) is 2.35. The van der Waals surface area contributed by atoms with Crippen molar-refractivity contribution in [3.05, 3.63) is 16.0 Å². The van der Waals surface area contributed by atoms with Gasteiger partial charge in [-0.1, -0.05) is 0 Å². The Kier molecular flexibility index (Phi) is 6.22. The van der Waals surface area contributed by atoms with Crippen LogP contribution in [0.4, 0.5) is 5.00 Å². The predicted molar refractivity (Wildman–Crippen MR) is 100 cm³/mol. The molecule has 1 unspecified atom stereocenters. The van der Waals surface area contributed by atoms with Gasteiger partial charge in [-0.25, -0.2) is 4.99 Å². The molecule has 1 aliphatic carbocycles. The van der Waals surface area contributed by atoms with Crippen molar-refractivity contribution in [2.75, 3.05) is 21.2 Å². The van der Waals surface area contributed by atoms with Gasteiger partial charge in [-0.05, 0) is 32.1 Å². The van der Waals surface area contributed by atoms with Gasteiger partial charge in [-0.2, -0.15) is 5.26 Å². The lowest BCUT2D eigenvalue weighted by atomic mass is 9.68. The summed E-state index contributed by atoms with van der Waals surface area (Å²) in [6, 6.07) is 2.28. The van der Waals surface area contributed by atoms with E-state index in [1.54, 1.807) is 6.34 Å². The van der Waals surface area contributed by atoms with Crippen LogP contribution in [0.25, 0.3) is 0 Å². The number of hydrogen-bond acceptors (Lipinski definition) is 5. The van der Waals surface area contributed by atoms with Gasteiger partial charge in [0.2, 0.25) is 0 Å². The first-order chi connectivity index (χ1) is 12.0. The third-order valence-electron chi connectivity index (χ3n) is 4.47. The monoisotopic (exact) mass is 357 g/mol. The smallest absolute Gasteiger partial charge is 0.316 e. The highest BCUT2D eigenvalue weighted by Crippen LogP contribution is 2.50. The standard InChI is InChI=1S/C19H23N3O2S/c1-5-6-7-10-19(18(23)24-4)11-8-9-15-16(19)14(12-20)17(25-15)21-13-22(2)3/h1,13H,6-11H2,2-4H3/b21-13+. The van der Waals surface area contributed by atoms with E-state index < -0.39 is 5.41 Å². The molecule has 2 rings (SSSR count). The van der Waals surface area contributed by atoms with Gasteiger partial charge in [0.05, 0.1) is 24.4 Å². The minimum atomic E-state index is -0.785. The molecule has 0 fully saturated rings. The SMILES string of the molecule is C#CCCCC1(C(=O)OC)CCCc2sc(/N=C/N(C)C)c(C#N)c21. The number of aliphatic imine (C=N–C) groups is 1. The highest BCUT2D eigenvalue weighted by atomic mass is 32.1. The molecule has 1 aromatic rings. The van der Waals surface area contributed by atoms with Crippen LogP contribution in [0, 0.1) is 23.7 Å². The van der Waals surface area contributed by atoms with Crippen LogP contribution in [0.5, 0.6) is 0 Å². The third-order valence-corrected chi connectivity index (χ3v) is 5.62. The highest BCUT2D eigenvalue weighted by Gasteiger charge is 2.47. The van der Waals surface area contributed by atoms with Crippen LogP contribution >= 0.6 is 11.3 Å². The molecular formula is C19H23N3O2S. The molecule has 0 saturated heterocycles. The van der Waals surface area contributed by atoms with E-state index in [2.05, 4.69) is 17.0 Å². The van der Waals surface area contributed by atoms with Gasteiger partial charge in [-0.3, -0.25) is 4.79 Å². The van der Waals surface area contributed by atoms with Gasteiger partial charge in [0, 0.05) is 31.0 Å². The maximum atomic E-state index is 12.8. The number of unbranched alkanes of at least 4 members (excludes halogenated alkanes) is 1. The molecule has 0 bridgehead atoms. The predicted octanol–water partition coefficient (Wildman–Crippen LogP) is 3.39. The average Bonchev–Trinajstić information content (AvgIpc) is 2.98. The van der Waals surface area contributed by atoms with Crippen molar-refractivity contribution in [1.82, 2.24) is 4.90 Å². The van der Waals surface area contributed by atoms with Gasteiger partial charge < -0.3 is 9.64 Å². The number of carbonyl (C=O) groups is 1. The van der Waals surface area contributed by atoms with Crippen LogP contribution in [0.3, 0.4) is 0 Å². The first kappa shape index (κ1) is 19.0. The van der Waals surface area contributed by atoms with Crippen molar-refractivity contribution in [3.8, 4) is 18.4 Å². The molecule has 0 saturated carbocycles. The van der Waals surface area contributed by atoms with Crippen LogP contribution in [-0.2, 0) is 21.4 Å². The van der Waals surface area contributed by atoms with Gasteiger partial charge in [0.15, 0.2) is 0 Å². The zero-order valence-corrected chi connectivity index (χ0v) is 15.8. The lowest BCUT2D eigenvalue weighted by molar-refractivity contribution is -0.148. The summed E-state index contributed by atoms with van der Waals surface area (Å²) in [4.78, 5) is 20.1. The first-order valence-electron chi connectivity index (χ1n) is 8.29. The first-order valence-corrected chi connectivity index (χ1v) is 9.10. The number of carbonyl (C=O) groups excluding carboxylic acids is 1. The van der Waals surface area contributed by atoms with Crippen LogP contribution in [0.2, 0.25) is 0 Å². The summed E-state index contributed by atoms with van der Waals surface area (Å²) >= 11 is 1.50. The normalized spacial score (nSPS) is 19.1. The summed E-state index contributed by atoms with van der Waals surface area (Å²) < 4.78 is 5.15. The Balaban J connectivity index is 2.59. The molecular weight excluding hydrogens is 334 g/mol. The topological polar surface area (TPSA) is 65.7 Å². The Labute approximate surface area is 153 Å². The van der Waals surface area contributed by atoms with E-state index in [4.69, 9.17) is 11.2 Å². The molecule has 0 spiro atoms. The fourth-order valence-electron chi connectivity index (χ4n) is 3.43. The second-order valence-electron chi connectivity index (χ2n) is 6.39. The van der Waals surface area contributed by atoms with Crippen LogP contribution < -0.4 is 0 Å². The largest absolute Gasteiger partial charge is 0.468 e. The highest BCUT2D eigenvalue weighted by molar-refractivity contribution is 7.16. The van der Waals surface area contributed by atoms with E-state index >= 15 is 0 Å². The van der Waals surface area contributed by atoms with Gasteiger partial charge >= 0.3 is 5.97 Å². The molecule has 5 nitrogen and oxygen atoms in total. The zero-order valence-electron chi connectivity index (χ0n) is 15.0. The van der Waals surface area contributed by atoms with E-state index in [1.165, 1.54) is 18.4 Å². The van der Waals surface area contributed by atoms with Crippen molar-refractivity contribution in [3.63, 3.8) is 0 Å². The van der Waals surface area contributed by atoms with Crippen molar-refractivity contribution >= 4 is 28.6 Å². The Morgan fingerprint density at radius 3 is 2.92 bits per heavy atom. The lowest BCUT2D eigenvalue weighted by Crippen LogP contribution is -2.40. The number of esters is 1. The molecule has 1 atom stereocenters. The molecule has 1 heterocycles. The molecule has 1 aliphatic rings. The molecule has 0 radical (unpaired) electrons. The fourth-order valence-corrected chi connectivity index (χ4v) is 4.66. The van der Waals surface area contributed by atoms with Crippen molar-refractivity contribution in [2.45, 2.75) is 43.9 Å². The van der Waals surface area contributed by atoms with Crippen molar-refractivity contribution in [1.29, 1.82) is 5.26 Å². The fraction of sp³-hybridized carbons (Fsp3) is 0.526. The molecule has 0 aromatic carbocycles. The average molecular weight is 357 g/mol. The maximum Gasteiger partial charge on any atom is 0.316 e. The molecule has 0 N–H and O–H groups in total. The number of hydrogen-bond donors (Lipinski definition) is 0. The zero-order chi connectivity index (χ0) is 18.4. The maximum absolute atomic E-state index is 12.8. The Morgan fingerprint density at radius 1 is 1.56 bits per heavy atom. The van der Waals surface area contributed by atoms with Crippen molar-refractivity contribution < 1.29 is 9.53 Å². The van der Waals surface area contributed by atoms with Gasteiger partial charge in [0.25, 0.3) is 0 Å². The summed E-state index contributed by atoms with van der Waals surface area (Å²) in [6.45, 7) is 0. The van der Waals surface area contributed by atoms with E-state index in [9.17, 15) is 10.1 Å². The van der Waals surface area contributed by atoms with E-state index in [0.717, 1.165) is 29.7 Å². The molecule has 6 heteroatoms. The number of methoxy groups -OCH3 is 1. The summed E-state index contributed by atoms with van der Waals surface area (Å²) in [6.07, 6.45) is 11.4. The van der Waals surface area contributed by atoms with Gasteiger partial charge in [-0.15, -0.1) is 23.7 Å². The van der Waals surface area contributed by atoms with Crippen LogP contribution in [-0.4, -0.2) is 38.4 Å². The molecule has 1 aromatic heterocycles. The summed E-state index contributed by atoms with van der Waals surface area (Å²) in [5, 5.41) is 10.4. The molecule has 0 aliphatic heterocycles. The number of aryl methyl sites for hydroxylation is 1. The molecule has 25 heavy (non-hydrogen) atoms. The van der Waals surface area contributed by atoms with Crippen LogP contribution in [0.1, 0.15) is 48.1 Å². The third kappa shape index (κ3) is 3.70. The van der Waals surface area contributed by atoms with E-state index in [-0.39, 0.29) is 5.97 Å². The van der Waals surface area contributed by atoms with Gasteiger partial charge in [0.1, 0.15) is 11.1 Å². The van der Waals surface area contributed by atoms with E-state index in [0.29, 0.717) is 29.8 Å². The number of terminal acetylenes is 1. The minimum Gasteiger partial charge on any atom is -0.468 e. The minimum absolute atomic E-state index is 0.275. The number of thiophene rings is 1. The summed E-state index contributed by atoms with van der Waals surface area (Å²) in [5.41, 5.74) is 0.539. The number of nitriles is 1. The second kappa shape index (κ2) is 8.18. The molecule has 132 valence electrons. The number of nitrogens with zero attached hydrogens (tertiary/aromatic N) is 3. The van der Waals surface area contributed by atoms with E-state index in [1.807, 2.05) is 19.0 Å². The number of ether oxygens (including phenoxy) is 1. The van der Waals surface area contributed by atoms with Crippen molar-refractivity contribution in [2.24, 2.45) is 4.99 Å². The second-order valence-corrected chi connectivity index (χ2v) is 7.47. The Hall–Kier alpha value is -2.31. The Morgan fingerprint density at radius 2 is 2.32 bits per heavy atom. The quantitative estimate of drug-likeness (QED) is 0.257.